The fourth-order valence-corrected chi connectivity index (χ4v) is 8.02. The molecule has 0 atom stereocenters. The number of carbonyl (C=O) groups is 2. The van der Waals surface area contributed by atoms with Crippen LogP contribution in [0.1, 0.15) is 80.4 Å². The summed E-state index contributed by atoms with van der Waals surface area (Å²) in [5.41, 5.74) is 3.32. The molecule has 70 heavy (non-hydrogen) atoms. The van der Waals surface area contributed by atoms with Gasteiger partial charge in [0.25, 0.3) is 0 Å². The minimum absolute atomic E-state index is 0.222. The second-order valence-electron chi connectivity index (χ2n) is 20.0. The van der Waals surface area contributed by atoms with Gasteiger partial charge in [0.15, 0.2) is 0 Å². The molecule has 0 bridgehead atoms. The predicted octanol–water partition coefficient (Wildman–Crippen LogP) is 10.4. The average Bonchev–Trinajstić information content (AvgIpc) is 4.11. The van der Waals surface area contributed by atoms with Crippen molar-refractivity contribution in [2.75, 3.05) is 33.5 Å². The van der Waals surface area contributed by atoms with Gasteiger partial charge in [0, 0.05) is 56.2 Å². The summed E-state index contributed by atoms with van der Waals surface area (Å²) in [6.45, 7) is 20.4. The summed E-state index contributed by atoms with van der Waals surface area (Å²) in [6, 6.07) is 17.5. The molecule has 20 heteroatoms. The van der Waals surface area contributed by atoms with Crippen LogP contribution in [0.25, 0.3) is 11.1 Å². The third-order valence-electron chi connectivity index (χ3n) is 11.7. The van der Waals surface area contributed by atoms with E-state index in [9.17, 15) is 18.4 Å². The standard InChI is InChI=1S/C22H24FN5O2.C14H19BFNO2.C14H17BrN4O2/c1-22(2,3)30-21(29)28(19-7-10-26-27(19)4)18-13-14(5-8-24-18)16-11-15-6-9-25-20(15)17(23)12-16;1-13(2)14(3,4)19-15(18-13)10-7-9-5-6-17-12(9)11(16)8-10;1-14(2,3)21-13(20)19(12-6-8-17-18(12)4)11-9-10(15)5-7-16-11/h5,7-8,10-13,25H,6,9H2,1-4H3;7-8,17H,5-6H2,1-4H3;5-9H,1-4H3. The molecule has 9 rings (SSSR count). The first-order valence-corrected chi connectivity index (χ1v) is 23.7. The number of fused-ring (bicyclic) bond motifs is 2. The van der Waals surface area contributed by atoms with E-state index in [2.05, 4.69) is 46.7 Å². The minimum atomic E-state index is -0.679. The average molecular weight is 1030 g/mol. The number of nitrogens with one attached hydrogen (secondary N) is 2. The van der Waals surface area contributed by atoms with E-state index >= 15 is 0 Å². The summed E-state index contributed by atoms with van der Waals surface area (Å²) >= 11 is 3.38. The van der Waals surface area contributed by atoms with Gasteiger partial charge in [-0.15, -0.1) is 0 Å². The number of hydrogen-bond acceptors (Lipinski definition) is 12. The van der Waals surface area contributed by atoms with E-state index in [1.54, 1.807) is 105 Å². The normalized spacial score (nSPS) is 15.3. The van der Waals surface area contributed by atoms with Crippen LogP contribution in [0, 0.1) is 11.6 Å². The number of benzene rings is 2. The van der Waals surface area contributed by atoms with E-state index in [0.717, 1.165) is 58.1 Å². The maximum atomic E-state index is 14.5. The van der Waals surface area contributed by atoms with Crippen molar-refractivity contribution in [3.8, 4) is 11.1 Å². The lowest BCUT2D eigenvalue weighted by Gasteiger charge is -2.32. The fraction of sp³-hybridized carbons (Fsp3) is 0.400. The molecule has 3 aliphatic rings. The highest BCUT2D eigenvalue weighted by Gasteiger charge is 2.52. The second-order valence-corrected chi connectivity index (χ2v) is 20.9. The lowest BCUT2D eigenvalue weighted by atomic mass is 9.78. The van der Waals surface area contributed by atoms with Crippen molar-refractivity contribution in [2.45, 2.75) is 104 Å². The van der Waals surface area contributed by atoms with Crippen LogP contribution >= 0.6 is 15.9 Å². The van der Waals surface area contributed by atoms with Gasteiger partial charge in [-0.05, 0) is 152 Å². The molecule has 0 saturated carbocycles. The maximum absolute atomic E-state index is 14.5. The summed E-state index contributed by atoms with van der Waals surface area (Å²) in [5, 5.41) is 14.4. The molecular weight excluding hydrogens is 965 g/mol. The number of amides is 2. The van der Waals surface area contributed by atoms with Crippen molar-refractivity contribution in [1.29, 1.82) is 0 Å². The molecule has 0 spiro atoms. The van der Waals surface area contributed by atoms with Crippen LogP contribution in [0.15, 0.2) is 89.9 Å². The Kier molecular flexibility index (Phi) is 14.8. The Hall–Kier alpha value is -6.38. The van der Waals surface area contributed by atoms with Crippen molar-refractivity contribution >= 4 is 75.3 Å². The molecule has 0 radical (unpaired) electrons. The quantitative estimate of drug-likeness (QED) is 0.152. The van der Waals surface area contributed by atoms with Crippen LogP contribution in [-0.2, 0) is 45.7 Å². The largest absolute Gasteiger partial charge is 0.494 e. The summed E-state index contributed by atoms with van der Waals surface area (Å²) in [4.78, 5) is 36.9. The summed E-state index contributed by atoms with van der Waals surface area (Å²) < 4.78 is 55.5. The number of hydrogen-bond donors (Lipinski definition) is 2. The number of aromatic nitrogens is 6. The minimum Gasteiger partial charge on any atom is -0.443 e. The molecule has 0 aliphatic carbocycles. The number of nitrogens with zero attached hydrogens (tertiary/aromatic N) is 8. The Morgan fingerprint density at radius 1 is 0.671 bits per heavy atom. The van der Waals surface area contributed by atoms with E-state index in [4.69, 9.17) is 18.8 Å². The predicted molar refractivity (Wildman–Crippen MR) is 271 cm³/mol. The van der Waals surface area contributed by atoms with Crippen LogP contribution in [0.4, 0.5) is 53.0 Å². The van der Waals surface area contributed by atoms with Crippen molar-refractivity contribution in [3.63, 3.8) is 0 Å². The topological polar surface area (TPSA) is 163 Å². The van der Waals surface area contributed by atoms with Gasteiger partial charge in [-0.2, -0.15) is 10.2 Å². The number of pyridine rings is 2. The Morgan fingerprint density at radius 3 is 1.61 bits per heavy atom. The Labute approximate surface area is 416 Å². The molecule has 2 N–H and O–H groups in total. The number of ether oxygens (including phenoxy) is 2. The monoisotopic (exact) mass is 1020 g/mol. The molecule has 6 aromatic rings. The SMILES string of the molecule is CC1(C)OB(c2cc(F)c3c(c2)CCN3)OC1(C)C.Cn1nccc1N(C(=O)OC(C)(C)C)c1cc(-c2cc(F)c3c(c2)CCN3)ccn1.Cn1nccc1N(C(=O)OC(C)(C)C)c1cc(Br)ccn1. The first-order valence-electron chi connectivity index (χ1n) is 22.9. The molecule has 1 fully saturated rings. The molecular formula is C50H60BBrF2N10O6. The third-order valence-corrected chi connectivity index (χ3v) is 12.2. The van der Waals surface area contributed by atoms with Crippen molar-refractivity contribution in [1.82, 2.24) is 29.5 Å². The molecule has 7 heterocycles. The van der Waals surface area contributed by atoms with Gasteiger partial charge in [0.1, 0.15) is 46.1 Å². The van der Waals surface area contributed by atoms with Gasteiger partial charge < -0.3 is 29.4 Å². The van der Waals surface area contributed by atoms with Gasteiger partial charge in [-0.1, -0.05) is 22.0 Å². The lowest BCUT2D eigenvalue weighted by molar-refractivity contribution is 0.00578. The maximum Gasteiger partial charge on any atom is 0.494 e. The molecule has 16 nitrogen and oxygen atoms in total. The Balaban J connectivity index is 0.000000160. The molecule has 4 aromatic heterocycles. The number of rotatable bonds is 6. The first kappa shape index (κ1) is 51.5. The zero-order valence-corrected chi connectivity index (χ0v) is 43.2. The van der Waals surface area contributed by atoms with Crippen LogP contribution < -0.4 is 25.9 Å². The summed E-state index contributed by atoms with van der Waals surface area (Å²) in [6.07, 6.45) is 6.98. The molecule has 0 unspecified atom stereocenters. The van der Waals surface area contributed by atoms with E-state index in [0.29, 0.717) is 34.6 Å². The molecule has 1 saturated heterocycles. The van der Waals surface area contributed by atoms with Crippen LogP contribution in [0.2, 0.25) is 0 Å². The van der Waals surface area contributed by atoms with Crippen molar-refractivity contribution in [3.05, 3.63) is 113 Å². The second kappa shape index (κ2) is 20.2. The zero-order chi connectivity index (χ0) is 50.9. The number of anilines is 6. The molecule has 370 valence electrons. The number of halogens is 3. The van der Waals surface area contributed by atoms with Crippen LogP contribution in [0.3, 0.4) is 0 Å². The van der Waals surface area contributed by atoms with E-state index in [1.807, 2.05) is 60.6 Å². The highest BCUT2D eigenvalue weighted by Crippen LogP contribution is 2.38. The summed E-state index contributed by atoms with van der Waals surface area (Å²) in [5.74, 6) is 1.41. The fourth-order valence-electron chi connectivity index (χ4n) is 7.70. The third kappa shape index (κ3) is 11.8. The Bertz CT molecular complexity index is 2860. The van der Waals surface area contributed by atoms with Gasteiger partial charge in [0.2, 0.25) is 0 Å². The summed E-state index contributed by atoms with van der Waals surface area (Å²) in [7, 11) is 3.00. The highest BCUT2D eigenvalue weighted by atomic mass is 79.9. The number of aryl methyl sites for hydroxylation is 2. The van der Waals surface area contributed by atoms with E-state index < -0.39 is 41.7 Å². The van der Waals surface area contributed by atoms with E-state index in [1.165, 1.54) is 21.9 Å². The smallest absolute Gasteiger partial charge is 0.443 e. The molecule has 2 amide bonds. The Morgan fingerprint density at radius 2 is 1.14 bits per heavy atom. The van der Waals surface area contributed by atoms with Crippen LogP contribution in [-0.4, -0.2) is 84.3 Å². The van der Waals surface area contributed by atoms with E-state index in [-0.39, 0.29) is 11.6 Å². The van der Waals surface area contributed by atoms with Crippen molar-refractivity contribution < 1.29 is 37.2 Å². The first-order chi connectivity index (χ1) is 32.8. The van der Waals surface area contributed by atoms with Gasteiger partial charge in [-0.3, -0.25) is 9.36 Å². The lowest BCUT2D eigenvalue weighted by Crippen LogP contribution is -2.41. The zero-order valence-electron chi connectivity index (χ0n) is 41.6. The van der Waals surface area contributed by atoms with Gasteiger partial charge >= 0.3 is 19.3 Å². The van der Waals surface area contributed by atoms with Gasteiger partial charge in [0.05, 0.1) is 35.0 Å². The highest BCUT2D eigenvalue weighted by molar-refractivity contribution is 9.10. The van der Waals surface area contributed by atoms with Crippen molar-refractivity contribution in [2.24, 2.45) is 14.1 Å². The number of carbonyl (C=O) groups excluding carboxylic acids is 2. The van der Waals surface area contributed by atoms with Gasteiger partial charge in [-0.25, -0.2) is 38.1 Å². The molecule has 2 aromatic carbocycles. The molecule has 3 aliphatic heterocycles. The van der Waals surface area contributed by atoms with Crippen LogP contribution in [0.5, 0.6) is 0 Å².